The normalized spacial score (nSPS) is 28.2. The standard InChI is InChI=1S/C18H27N3O3S/c1-5-24-17-11(2)9-19-16(12(17)3)10-25(22)18-20-14-7-6-13(23-4)8-15(14)21-18/h6-8,11-12,16-17,19H,5,9-10H2,1-4H3,(H,20,21). The van der Waals surface area contributed by atoms with Crippen molar-refractivity contribution < 1.29 is 13.7 Å². The molecule has 6 nitrogen and oxygen atoms in total. The number of aromatic nitrogens is 2. The van der Waals surface area contributed by atoms with Gasteiger partial charge in [-0.05, 0) is 30.9 Å². The summed E-state index contributed by atoms with van der Waals surface area (Å²) in [4.78, 5) is 7.65. The van der Waals surface area contributed by atoms with Crippen molar-refractivity contribution in [1.29, 1.82) is 0 Å². The fourth-order valence-corrected chi connectivity index (χ4v) is 4.88. The quantitative estimate of drug-likeness (QED) is 0.822. The molecule has 25 heavy (non-hydrogen) atoms. The van der Waals surface area contributed by atoms with Gasteiger partial charge in [0.15, 0.2) is 5.16 Å². The summed E-state index contributed by atoms with van der Waals surface area (Å²) in [5, 5.41) is 4.04. The molecule has 7 heteroatoms. The van der Waals surface area contributed by atoms with Crippen molar-refractivity contribution >= 4 is 21.8 Å². The predicted molar refractivity (Wildman–Crippen MR) is 99.5 cm³/mol. The van der Waals surface area contributed by atoms with Gasteiger partial charge >= 0.3 is 0 Å². The second-order valence-electron chi connectivity index (χ2n) is 6.71. The Morgan fingerprint density at radius 1 is 1.36 bits per heavy atom. The van der Waals surface area contributed by atoms with E-state index < -0.39 is 10.8 Å². The Bertz CT molecular complexity index is 748. The molecule has 5 unspecified atom stereocenters. The maximum Gasteiger partial charge on any atom is 0.197 e. The molecule has 0 aliphatic carbocycles. The lowest BCUT2D eigenvalue weighted by Crippen LogP contribution is -2.54. The molecule has 1 saturated heterocycles. The zero-order valence-corrected chi connectivity index (χ0v) is 16.1. The number of aromatic amines is 1. The van der Waals surface area contributed by atoms with E-state index in [-0.39, 0.29) is 12.1 Å². The van der Waals surface area contributed by atoms with Gasteiger partial charge in [-0.2, -0.15) is 0 Å². The average molecular weight is 365 g/mol. The van der Waals surface area contributed by atoms with Crippen molar-refractivity contribution in [2.24, 2.45) is 11.8 Å². The van der Waals surface area contributed by atoms with E-state index in [1.807, 2.05) is 25.1 Å². The minimum atomic E-state index is -1.20. The maximum atomic E-state index is 12.8. The largest absolute Gasteiger partial charge is 0.497 e. The number of fused-ring (bicyclic) bond motifs is 1. The number of imidazole rings is 1. The second-order valence-corrected chi connectivity index (χ2v) is 8.12. The monoisotopic (exact) mass is 365 g/mol. The van der Waals surface area contributed by atoms with Crippen LogP contribution in [0.5, 0.6) is 5.75 Å². The van der Waals surface area contributed by atoms with E-state index in [4.69, 9.17) is 9.47 Å². The van der Waals surface area contributed by atoms with Crippen molar-refractivity contribution in [2.75, 3.05) is 26.0 Å². The molecule has 1 fully saturated rings. The van der Waals surface area contributed by atoms with E-state index >= 15 is 0 Å². The van der Waals surface area contributed by atoms with Crippen LogP contribution in [0.2, 0.25) is 0 Å². The molecule has 0 amide bonds. The van der Waals surface area contributed by atoms with Gasteiger partial charge in [0, 0.05) is 31.0 Å². The van der Waals surface area contributed by atoms with Crippen LogP contribution in [0.4, 0.5) is 0 Å². The van der Waals surface area contributed by atoms with Gasteiger partial charge in [-0.25, -0.2) is 4.98 Å². The lowest BCUT2D eigenvalue weighted by atomic mass is 9.84. The summed E-state index contributed by atoms with van der Waals surface area (Å²) in [6, 6.07) is 5.75. The van der Waals surface area contributed by atoms with Gasteiger partial charge in [-0.1, -0.05) is 13.8 Å². The molecule has 1 aromatic carbocycles. The van der Waals surface area contributed by atoms with Gasteiger partial charge in [0.25, 0.3) is 0 Å². The van der Waals surface area contributed by atoms with Crippen LogP contribution >= 0.6 is 0 Å². The summed E-state index contributed by atoms with van der Waals surface area (Å²) in [7, 11) is 0.429. The minimum Gasteiger partial charge on any atom is -0.497 e. The van der Waals surface area contributed by atoms with Gasteiger partial charge in [0.05, 0.1) is 35.0 Å². The van der Waals surface area contributed by atoms with Crippen LogP contribution in [-0.2, 0) is 15.5 Å². The SMILES string of the molecule is CCOC1C(C)CNC(CS(=O)c2nc3ccc(OC)cc3[nH]2)C1C. The molecule has 1 aliphatic rings. The van der Waals surface area contributed by atoms with Crippen molar-refractivity contribution in [1.82, 2.24) is 15.3 Å². The number of piperidine rings is 1. The van der Waals surface area contributed by atoms with Crippen LogP contribution in [0.3, 0.4) is 0 Å². The first-order valence-corrected chi connectivity index (χ1v) is 10.1. The van der Waals surface area contributed by atoms with Gasteiger partial charge in [-0.3, -0.25) is 4.21 Å². The Hall–Kier alpha value is -1.44. The third-order valence-electron chi connectivity index (χ3n) is 4.99. The van der Waals surface area contributed by atoms with E-state index in [1.54, 1.807) is 7.11 Å². The topological polar surface area (TPSA) is 76.2 Å². The second kappa shape index (κ2) is 7.85. The summed E-state index contributed by atoms with van der Waals surface area (Å²) < 4.78 is 24.0. The van der Waals surface area contributed by atoms with E-state index in [2.05, 4.69) is 29.1 Å². The molecule has 5 atom stereocenters. The summed E-state index contributed by atoms with van der Waals surface area (Å²) in [5.41, 5.74) is 1.64. The number of rotatable bonds is 6. The smallest absolute Gasteiger partial charge is 0.197 e. The molecular formula is C18H27N3O3S. The number of nitrogens with zero attached hydrogens (tertiary/aromatic N) is 1. The molecule has 0 radical (unpaired) electrons. The molecule has 1 aromatic heterocycles. The van der Waals surface area contributed by atoms with E-state index in [0.29, 0.717) is 29.4 Å². The molecule has 2 aromatic rings. The van der Waals surface area contributed by atoms with Crippen LogP contribution in [-0.4, -0.2) is 52.3 Å². The highest BCUT2D eigenvalue weighted by Gasteiger charge is 2.36. The summed E-state index contributed by atoms with van der Waals surface area (Å²) in [6.07, 6.45) is 0.202. The van der Waals surface area contributed by atoms with Crippen molar-refractivity contribution in [3.63, 3.8) is 0 Å². The predicted octanol–water partition coefficient (Wildman–Crippen LogP) is 2.33. The van der Waals surface area contributed by atoms with Crippen molar-refractivity contribution in [2.45, 2.75) is 38.1 Å². The van der Waals surface area contributed by atoms with Crippen LogP contribution in [0.1, 0.15) is 20.8 Å². The zero-order valence-electron chi connectivity index (χ0n) is 15.2. The molecule has 138 valence electrons. The summed E-state index contributed by atoms with van der Waals surface area (Å²) in [5.74, 6) is 2.04. The number of hydrogen-bond donors (Lipinski definition) is 2. The molecule has 0 bridgehead atoms. The Morgan fingerprint density at radius 3 is 2.88 bits per heavy atom. The first kappa shape index (κ1) is 18.4. The Balaban J connectivity index is 1.73. The number of nitrogens with one attached hydrogen (secondary N) is 2. The number of methoxy groups -OCH3 is 1. The number of hydrogen-bond acceptors (Lipinski definition) is 5. The highest BCUT2D eigenvalue weighted by Crippen LogP contribution is 2.26. The van der Waals surface area contributed by atoms with Gasteiger partial charge in [0.2, 0.25) is 0 Å². The van der Waals surface area contributed by atoms with Crippen molar-refractivity contribution in [3.05, 3.63) is 18.2 Å². The fourth-order valence-electron chi connectivity index (χ4n) is 3.55. The van der Waals surface area contributed by atoms with Crippen molar-refractivity contribution in [3.8, 4) is 5.75 Å². The summed E-state index contributed by atoms with van der Waals surface area (Å²) in [6.45, 7) is 7.99. The minimum absolute atomic E-state index is 0.149. The maximum absolute atomic E-state index is 12.8. The summed E-state index contributed by atoms with van der Waals surface area (Å²) >= 11 is 0. The number of H-pyrrole nitrogens is 1. The fraction of sp³-hybridized carbons (Fsp3) is 0.611. The van der Waals surface area contributed by atoms with E-state index in [9.17, 15) is 4.21 Å². The zero-order chi connectivity index (χ0) is 18.0. The van der Waals surface area contributed by atoms with Crippen LogP contribution < -0.4 is 10.1 Å². The Labute approximate surface area is 151 Å². The van der Waals surface area contributed by atoms with Gasteiger partial charge in [0.1, 0.15) is 5.75 Å². The molecule has 2 heterocycles. The molecule has 0 saturated carbocycles. The average Bonchev–Trinajstić information content (AvgIpc) is 3.04. The molecule has 3 rings (SSSR count). The third-order valence-corrected chi connectivity index (χ3v) is 6.28. The van der Waals surface area contributed by atoms with Crippen LogP contribution in [0, 0.1) is 11.8 Å². The lowest BCUT2D eigenvalue weighted by Gasteiger charge is -2.40. The van der Waals surface area contributed by atoms with Crippen LogP contribution in [0.15, 0.2) is 23.4 Å². The number of benzene rings is 1. The highest BCUT2D eigenvalue weighted by molar-refractivity contribution is 7.84. The molecule has 2 N–H and O–H groups in total. The third kappa shape index (κ3) is 3.88. The Morgan fingerprint density at radius 2 is 2.16 bits per heavy atom. The van der Waals surface area contributed by atoms with E-state index in [1.165, 1.54) is 0 Å². The van der Waals surface area contributed by atoms with Gasteiger partial charge < -0.3 is 19.8 Å². The molecule has 1 aliphatic heterocycles. The van der Waals surface area contributed by atoms with Crippen LogP contribution in [0.25, 0.3) is 11.0 Å². The van der Waals surface area contributed by atoms with E-state index in [0.717, 1.165) is 23.3 Å². The Kier molecular flexibility index (Phi) is 5.76. The van der Waals surface area contributed by atoms with Gasteiger partial charge in [-0.15, -0.1) is 0 Å². The molecule has 0 spiro atoms. The lowest BCUT2D eigenvalue weighted by molar-refractivity contribution is -0.0372. The molecular weight excluding hydrogens is 338 g/mol. The highest BCUT2D eigenvalue weighted by atomic mass is 32.2. The first-order valence-electron chi connectivity index (χ1n) is 8.80. The first-order chi connectivity index (χ1) is 12.0. The number of ether oxygens (including phenoxy) is 2.